The van der Waals surface area contributed by atoms with Crippen LogP contribution in [-0.2, 0) is 6.61 Å². The lowest BCUT2D eigenvalue weighted by atomic mass is 10.0. The number of benzene rings is 2. The van der Waals surface area contributed by atoms with Crippen molar-refractivity contribution in [3.63, 3.8) is 0 Å². The van der Waals surface area contributed by atoms with E-state index in [0.717, 1.165) is 22.2 Å². The molecule has 0 aliphatic heterocycles. The summed E-state index contributed by atoms with van der Waals surface area (Å²) in [7, 11) is 0. The van der Waals surface area contributed by atoms with Crippen LogP contribution in [0, 0.1) is 12.3 Å². The molecule has 0 aliphatic rings. The van der Waals surface area contributed by atoms with Crippen LogP contribution in [0.4, 0.5) is 11.6 Å². The lowest BCUT2D eigenvalue weighted by Gasteiger charge is -2.13. The number of nitrogens with one attached hydrogen (secondary N) is 1. The minimum Gasteiger partial charge on any atom is -0.487 e. The number of nitrogens with zero attached hydrogens (tertiary/aromatic N) is 3. The van der Waals surface area contributed by atoms with E-state index in [4.69, 9.17) is 22.0 Å². The van der Waals surface area contributed by atoms with Gasteiger partial charge in [-0.05, 0) is 36.2 Å². The zero-order valence-electron chi connectivity index (χ0n) is 17.4. The second-order valence-electron chi connectivity index (χ2n) is 7.26. The van der Waals surface area contributed by atoms with Gasteiger partial charge in [-0.1, -0.05) is 24.1 Å². The van der Waals surface area contributed by atoms with Crippen molar-refractivity contribution in [2.24, 2.45) is 5.73 Å². The van der Waals surface area contributed by atoms with Crippen molar-refractivity contribution in [1.82, 2.24) is 15.0 Å². The van der Waals surface area contributed by atoms with Crippen molar-refractivity contribution in [2.75, 3.05) is 11.9 Å². The normalized spacial score (nSPS) is 11.7. The van der Waals surface area contributed by atoms with Crippen molar-refractivity contribution in [3.05, 3.63) is 83.8 Å². The number of anilines is 2. The van der Waals surface area contributed by atoms with Gasteiger partial charge in [-0.2, -0.15) is 0 Å². The topological polar surface area (TPSA) is 106 Å². The van der Waals surface area contributed by atoms with Crippen LogP contribution < -0.4 is 15.8 Å². The standard InChI is InChI=1S/C25H23N5O2/c1-2-18-11-20-15-28-25(29-21-7-3-6-19(12-21)22(26)8-10-31)30-23(20)13-24(18)32-16-17-5-4-9-27-14-17/h1,3-7,9,11-15,22,31H,8,10,16,26H2,(H,28,29,30). The maximum absolute atomic E-state index is 9.12. The number of aromatic nitrogens is 3. The van der Waals surface area contributed by atoms with Crippen LogP contribution in [-0.4, -0.2) is 26.7 Å². The van der Waals surface area contributed by atoms with Gasteiger partial charge >= 0.3 is 0 Å². The van der Waals surface area contributed by atoms with Gasteiger partial charge in [-0.25, -0.2) is 9.97 Å². The zero-order valence-corrected chi connectivity index (χ0v) is 17.4. The first kappa shape index (κ1) is 21.2. The Morgan fingerprint density at radius 3 is 2.84 bits per heavy atom. The van der Waals surface area contributed by atoms with Crippen LogP contribution >= 0.6 is 0 Å². The first-order chi connectivity index (χ1) is 15.7. The van der Waals surface area contributed by atoms with Crippen LogP contribution in [0.2, 0.25) is 0 Å². The highest BCUT2D eigenvalue weighted by Gasteiger charge is 2.10. The summed E-state index contributed by atoms with van der Waals surface area (Å²) >= 11 is 0. The van der Waals surface area contributed by atoms with Gasteiger partial charge in [0.2, 0.25) is 5.95 Å². The second kappa shape index (κ2) is 9.88. The Labute approximate surface area is 186 Å². The van der Waals surface area contributed by atoms with Crippen molar-refractivity contribution >= 4 is 22.5 Å². The number of hydrogen-bond acceptors (Lipinski definition) is 7. The molecular weight excluding hydrogens is 402 g/mol. The fraction of sp³-hybridized carbons (Fsp3) is 0.160. The Morgan fingerprint density at radius 1 is 1.16 bits per heavy atom. The van der Waals surface area contributed by atoms with E-state index >= 15 is 0 Å². The van der Waals surface area contributed by atoms with Crippen LogP contribution in [0.25, 0.3) is 10.9 Å². The van der Waals surface area contributed by atoms with Gasteiger partial charge < -0.3 is 20.9 Å². The molecule has 2 aromatic heterocycles. The largest absolute Gasteiger partial charge is 0.487 e. The molecule has 0 amide bonds. The lowest BCUT2D eigenvalue weighted by Crippen LogP contribution is -2.12. The molecular formula is C25H23N5O2. The van der Waals surface area contributed by atoms with Gasteiger partial charge in [0, 0.05) is 53.9 Å². The third-order valence-corrected chi connectivity index (χ3v) is 4.96. The predicted molar refractivity (Wildman–Crippen MR) is 124 cm³/mol. The van der Waals surface area contributed by atoms with E-state index < -0.39 is 0 Å². The molecule has 32 heavy (non-hydrogen) atoms. The van der Waals surface area contributed by atoms with Crippen LogP contribution in [0.3, 0.4) is 0 Å². The summed E-state index contributed by atoms with van der Waals surface area (Å²) in [5.74, 6) is 3.68. The van der Waals surface area contributed by atoms with Crippen molar-refractivity contribution in [2.45, 2.75) is 19.1 Å². The summed E-state index contributed by atoms with van der Waals surface area (Å²) in [6, 6.07) is 14.9. The molecule has 160 valence electrons. The summed E-state index contributed by atoms with van der Waals surface area (Å²) in [5.41, 5.74) is 10.1. The fourth-order valence-electron chi connectivity index (χ4n) is 3.28. The number of hydrogen-bond donors (Lipinski definition) is 3. The quantitative estimate of drug-likeness (QED) is 0.370. The lowest BCUT2D eigenvalue weighted by molar-refractivity contribution is 0.276. The molecule has 0 bridgehead atoms. The Morgan fingerprint density at radius 2 is 2.06 bits per heavy atom. The molecule has 4 N–H and O–H groups in total. The number of aliphatic hydroxyl groups is 1. The van der Waals surface area contributed by atoms with Gasteiger partial charge in [-0.15, -0.1) is 6.42 Å². The molecule has 1 unspecified atom stereocenters. The molecule has 7 heteroatoms. The minimum atomic E-state index is -0.235. The average Bonchev–Trinajstić information content (AvgIpc) is 2.83. The van der Waals surface area contributed by atoms with Crippen LogP contribution in [0.15, 0.2) is 67.1 Å². The molecule has 0 saturated heterocycles. The molecule has 4 rings (SSSR count). The fourth-order valence-corrected chi connectivity index (χ4v) is 3.28. The average molecular weight is 425 g/mol. The molecule has 2 aromatic carbocycles. The Hall–Kier alpha value is -3.99. The maximum atomic E-state index is 9.12. The zero-order chi connectivity index (χ0) is 22.3. The molecule has 1 atom stereocenters. The first-order valence-electron chi connectivity index (χ1n) is 10.2. The van der Waals surface area contributed by atoms with Gasteiger partial charge in [0.25, 0.3) is 0 Å². The molecule has 4 aromatic rings. The third-order valence-electron chi connectivity index (χ3n) is 4.96. The third kappa shape index (κ3) is 5.01. The van der Waals surface area contributed by atoms with E-state index in [-0.39, 0.29) is 12.6 Å². The van der Waals surface area contributed by atoms with Crippen LogP contribution in [0.1, 0.15) is 29.2 Å². The molecule has 0 saturated carbocycles. The first-order valence-corrected chi connectivity index (χ1v) is 10.2. The number of fused-ring (bicyclic) bond motifs is 1. The number of pyridine rings is 1. The Kier molecular flexibility index (Phi) is 6.56. The monoisotopic (exact) mass is 425 g/mol. The molecule has 0 spiro atoms. The summed E-state index contributed by atoms with van der Waals surface area (Å²) in [6.07, 6.45) is 11.4. The predicted octanol–water partition coefficient (Wildman–Crippen LogP) is 3.71. The highest BCUT2D eigenvalue weighted by Crippen LogP contribution is 2.27. The number of rotatable bonds is 8. The summed E-state index contributed by atoms with van der Waals surface area (Å²) in [6.45, 7) is 0.391. The Balaban J connectivity index is 1.58. The number of nitrogens with two attached hydrogens (primary N) is 1. The van der Waals surface area contributed by atoms with E-state index in [1.165, 1.54) is 0 Å². The summed E-state index contributed by atoms with van der Waals surface area (Å²) < 4.78 is 5.95. The van der Waals surface area contributed by atoms with E-state index in [0.29, 0.717) is 35.8 Å². The number of aliphatic hydroxyl groups excluding tert-OH is 1. The van der Waals surface area contributed by atoms with E-state index in [1.807, 2.05) is 48.5 Å². The number of terminal acetylenes is 1. The second-order valence-corrected chi connectivity index (χ2v) is 7.26. The van der Waals surface area contributed by atoms with Gasteiger partial charge in [0.15, 0.2) is 0 Å². The number of ether oxygens (including phenoxy) is 1. The molecule has 0 aliphatic carbocycles. The molecule has 0 radical (unpaired) electrons. The molecule has 2 heterocycles. The van der Waals surface area contributed by atoms with Gasteiger partial charge in [0.1, 0.15) is 12.4 Å². The van der Waals surface area contributed by atoms with Crippen molar-refractivity contribution < 1.29 is 9.84 Å². The van der Waals surface area contributed by atoms with E-state index in [1.54, 1.807) is 18.6 Å². The summed E-state index contributed by atoms with van der Waals surface area (Å²) in [5, 5.41) is 13.1. The minimum absolute atomic E-state index is 0.0391. The maximum Gasteiger partial charge on any atom is 0.227 e. The smallest absolute Gasteiger partial charge is 0.227 e. The Bertz CT molecular complexity index is 1250. The van der Waals surface area contributed by atoms with Gasteiger partial charge in [-0.3, -0.25) is 4.98 Å². The molecule has 7 nitrogen and oxygen atoms in total. The van der Waals surface area contributed by atoms with Crippen LogP contribution in [0.5, 0.6) is 5.75 Å². The van der Waals surface area contributed by atoms with Gasteiger partial charge in [0.05, 0.1) is 11.1 Å². The SMILES string of the molecule is C#Cc1cc2cnc(Nc3cccc(C(N)CCO)c3)nc2cc1OCc1cccnc1. The summed E-state index contributed by atoms with van der Waals surface area (Å²) in [4.78, 5) is 13.1. The van der Waals surface area contributed by atoms with E-state index in [9.17, 15) is 0 Å². The molecule has 0 fully saturated rings. The van der Waals surface area contributed by atoms with Crippen molar-refractivity contribution in [1.29, 1.82) is 0 Å². The highest BCUT2D eigenvalue weighted by atomic mass is 16.5. The highest BCUT2D eigenvalue weighted by molar-refractivity contribution is 5.83. The van der Waals surface area contributed by atoms with Crippen molar-refractivity contribution in [3.8, 4) is 18.1 Å². The van der Waals surface area contributed by atoms with E-state index in [2.05, 4.69) is 26.2 Å².